The summed E-state index contributed by atoms with van der Waals surface area (Å²) in [4.78, 5) is 12.1. The molecule has 0 radical (unpaired) electrons. The van der Waals surface area contributed by atoms with Crippen molar-refractivity contribution in [3.05, 3.63) is 54.1 Å². The number of hydrogen-bond donors (Lipinski definition) is 2. The molecule has 25 heavy (non-hydrogen) atoms. The van der Waals surface area contributed by atoms with Gasteiger partial charge in [-0.1, -0.05) is 30.3 Å². The quantitative estimate of drug-likeness (QED) is 0.829. The van der Waals surface area contributed by atoms with Gasteiger partial charge in [0.25, 0.3) is 0 Å². The maximum atomic E-state index is 12.1. The van der Waals surface area contributed by atoms with Crippen molar-refractivity contribution in [2.75, 3.05) is 30.0 Å². The van der Waals surface area contributed by atoms with Crippen molar-refractivity contribution in [1.82, 2.24) is 0 Å². The van der Waals surface area contributed by atoms with Crippen molar-refractivity contribution in [3.63, 3.8) is 0 Å². The predicted molar refractivity (Wildman–Crippen MR) is 99.4 cm³/mol. The lowest BCUT2D eigenvalue weighted by Crippen LogP contribution is -2.15. The topological polar surface area (TPSA) is 67.8 Å². The number of nitrogens with one attached hydrogen (secondary N) is 1. The van der Waals surface area contributed by atoms with Crippen molar-refractivity contribution in [2.45, 2.75) is 12.5 Å². The summed E-state index contributed by atoms with van der Waals surface area (Å²) in [6, 6.07) is 14.8. The van der Waals surface area contributed by atoms with Crippen molar-refractivity contribution >= 4 is 23.4 Å². The molecule has 1 aliphatic rings. The number of aliphatic hydroxyl groups is 1. The fourth-order valence-electron chi connectivity index (χ4n) is 2.47. The van der Waals surface area contributed by atoms with E-state index in [0.29, 0.717) is 36.2 Å². The number of benzene rings is 2. The highest BCUT2D eigenvalue weighted by Gasteiger charge is 2.13. The van der Waals surface area contributed by atoms with Gasteiger partial charge >= 0.3 is 0 Å². The van der Waals surface area contributed by atoms with Crippen molar-refractivity contribution in [1.29, 1.82) is 0 Å². The van der Waals surface area contributed by atoms with Crippen LogP contribution in [-0.4, -0.2) is 35.7 Å². The van der Waals surface area contributed by atoms with Crippen LogP contribution in [0.5, 0.6) is 11.5 Å². The molecule has 1 aliphatic heterocycles. The summed E-state index contributed by atoms with van der Waals surface area (Å²) < 4.78 is 11.2. The summed E-state index contributed by atoms with van der Waals surface area (Å²) in [6.07, 6.45) is 0.272. The molecule has 0 saturated carbocycles. The Kier molecular flexibility index (Phi) is 6.19. The molecule has 0 aromatic heterocycles. The van der Waals surface area contributed by atoms with Gasteiger partial charge in [0.15, 0.2) is 11.5 Å². The molecule has 0 saturated heterocycles. The summed E-state index contributed by atoms with van der Waals surface area (Å²) in [6.45, 7) is 1.25. The Labute approximate surface area is 151 Å². The summed E-state index contributed by atoms with van der Waals surface area (Å²) in [5.41, 5.74) is 1.54. The molecule has 3 rings (SSSR count). The Balaban J connectivity index is 1.47. The highest BCUT2D eigenvalue weighted by atomic mass is 32.2. The van der Waals surface area contributed by atoms with Crippen LogP contribution in [0.2, 0.25) is 0 Å². The third-order valence-corrected chi connectivity index (χ3v) is 4.74. The zero-order chi connectivity index (χ0) is 17.5. The Hall–Kier alpha value is -2.18. The summed E-state index contributed by atoms with van der Waals surface area (Å²) >= 11 is 1.40. The van der Waals surface area contributed by atoms with Crippen LogP contribution in [0.25, 0.3) is 0 Å². The Bertz CT molecular complexity index is 708. The van der Waals surface area contributed by atoms with E-state index in [0.717, 1.165) is 12.0 Å². The van der Waals surface area contributed by atoms with Gasteiger partial charge in [-0.15, -0.1) is 11.8 Å². The summed E-state index contributed by atoms with van der Waals surface area (Å²) in [5.74, 6) is 2.00. The second-order valence-electron chi connectivity index (χ2n) is 5.70. The molecule has 5 nitrogen and oxygen atoms in total. The van der Waals surface area contributed by atoms with Gasteiger partial charge in [-0.05, 0) is 17.7 Å². The first-order chi connectivity index (χ1) is 12.2. The summed E-state index contributed by atoms with van der Waals surface area (Å²) in [5, 5.41) is 12.9. The molecule has 1 atom stereocenters. The molecule has 0 fully saturated rings. The van der Waals surface area contributed by atoms with Crippen LogP contribution in [0, 0.1) is 0 Å². The van der Waals surface area contributed by atoms with E-state index in [2.05, 4.69) is 5.32 Å². The molecule has 0 bridgehead atoms. The Morgan fingerprint density at radius 1 is 1.12 bits per heavy atom. The Morgan fingerprint density at radius 3 is 2.68 bits per heavy atom. The molecular weight excluding hydrogens is 338 g/mol. The first-order valence-corrected chi connectivity index (χ1v) is 9.38. The molecule has 2 aromatic rings. The largest absolute Gasteiger partial charge is 0.490 e. The second kappa shape index (κ2) is 8.78. The van der Waals surface area contributed by atoms with Gasteiger partial charge in [0, 0.05) is 23.9 Å². The number of fused-ring (bicyclic) bond motifs is 1. The minimum atomic E-state index is -0.572. The fourth-order valence-corrected chi connectivity index (χ4v) is 3.26. The third kappa shape index (κ3) is 5.14. The number of amides is 1. The van der Waals surface area contributed by atoms with Crippen LogP contribution in [0.3, 0.4) is 0 Å². The van der Waals surface area contributed by atoms with Crippen LogP contribution in [0.1, 0.15) is 18.1 Å². The van der Waals surface area contributed by atoms with Crippen molar-refractivity contribution < 1.29 is 19.4 Å². The first-order valence-electron chi connectivity index (χ1n) is 8.22. The highest BCUT2D eigenvalue weighted by Crippen LogP contribution is 2.32. The molecule has 6 heteroatoms. The first kappa shape index (κ1) is 17.6. The standard InChI is InChI=1S/C19H21NO4S/c21-16(14-5-2-1-3-6-14)12-25-13-19(22)20-15-7-8-17-18(11-15)24-10-4-9-23-17/h1-3,5-8,11,16,21H,4,9-10,12-13H2,(H,20,22). The number of thioether (sulfide) groups is 1. The van der Waals surface area contributed by atoms with Crippen LogP contribution < -0.4 is 14.8 Å². The number of carbonyl (C=O) groups excluding carboxylic acids is 1. The third-order valence-electron chi connectivity index (χ3n) is 3.72. The van der Waals surface area contributed by atoms with Crippen molar-refractivity contribution in [2.24, 2.45) is 0 Å². The fraction of sp³-hybridized carbons (Fsp3) is 0.316. The maximum absolute atomic E-state index is 12.1. The van der Waals surface area contributed by atoms with Crippen LogP contribution in [0.15, 0.2) is 48.5 Å². The molecule has 1 heterocycles. The van der Waals surface area contributed by atoms with E-state index in [-0.39, 0.29) is 11.7 Å². The van der Waals surface area contributed by atoms with Crippen LogP contribution in [0.4, 0.5) is 5.69 Å². The van der Waals surface area contributed by atoms with E-state index in [9.17, 15) is 9.90 Å². The zero-order valence-corrected chi connectivity index (χ0v) is 14.6. The lowest BCUT2D eigenvalue weighted by Gasteiger charge is -2.12. The highest BCUT2D eigenvalue weighted by molar-refractivity contribution is 7.99. The zero-order valence-electron chi connectivity index (χ0n) is 13.8. The van der Waals surface area contributed by atoms with Gasteiger partial charge in [-0.25, -0.2) is 0 Å². The van der Waals surface area contributed by atoms with E-state index in [1.807, 2.05) is 36.4 Å². The minimum absolute atomic E-state index is 0.111. The average molecular weight is 359 g/mol. The number of hydrogen-bond acceptors (Lipinski definition) is 5. The van der Waals surface area contributed by atoms with Gasteiger partial charge in [0.1, 0.15) is 0 Å². The molecule has 1 amide bonds. The lowest BCUT2D eigenvalue weighted by molar-refractivity contribution is -0.113. The molecule has 0 spiro atoms. The van der Waals surface area contributed by atoms with E-state index in [1.165, 1.54) is 11.8 Å². The van der Waals surface area contributed by atoms with Crippen molar-refractivity contribution in [3.8, 4) is 11.5 Å². The molecule has 2 aromatic carbocycles. The normalized spacial score (nSPS) is 14.4. The van der Waals surface area contributed by atoms with E-state index in [1.54, 1.807) is 12.1 Å². The van der Waals surface area contributed by atoms with Gasteiger partial charge in [0.05, 0.1) is 25.1 Å². The molecule has 0 aliphatic carbocycles. The van der Waals surface area contributed by atoms with E-state index < -0.39 is 6.10 Å². The number of aliphatic hydroxyl groups excluding tert-OH is 1. The van der Waals surface area contributed by atoms with Crippen LogP contribution >= 0.6 is 11.8 Å². The van der Waals surface area contributed by atoms with Gasteiger partial charge < -0.3 is 19.9 Å². The number of ether oxygens (including phenoxy) is 2. The van der Waals surface area contributed by atoms with Gasteiger partial charge in [0.2, 0.25) is 5.91 Å². The predicted octanol–water partition coefficient (Wildman–Crippen LogP) is 3.25. The Morgan fingerprint density at radius 2 is 1.88 bits per heavy atom. The van der Waals surface area contributed by atoms with Gasteiger partial charge in [-0.2, -0.15) is 0 Å². The minimum Gasteiger partial charge on any atom is -0.490 e. The molecular formula is C19H21NO4S. The number of rotatable bonds is 6. The average Bonchev–Trinajstić information content (AvgIpc) is 2.87. The van der Waals surface area contributed by atoms with Gasteiger partial charge in [-0.3, -0.25) is 4.79 Å². The second-order valence-corrected chi connectivity index (χ2v) is 6.73. The number of carbonyl (C=O) groups is 1. The monoisotopic (exact) mass is 359 g/mol. The lowest BCUT2D eigenvalue weighted by atomic mass is 10.1. The van der Waals surface area contributed by atoms with E-state index in [4.69, 9.17) is 9.47 Å². The SMILES string of the molecule is O=C(CSCC(O)c1ccccc1)Nc1ccc2c(c1)OCCCO2. The molecule has 2 N–H and O–H groups in total. The smallest absolute Gasteiger partial charge is 0.234 e. The maximum Gasteiger partial charge on any atom is 0.234 e. The molecule has 132 valence electrons. The van der Waals surface area contributed by atoms with Crippen LogP contribution in [-0.2, 0) is 4.79 Å². The number of anilines is 1. The van der Waals surface area contributed by atoms with E-state index >= 15 is 0 Å². The molecule has 1 unspecified atom stereocenters. The summed E-state index contributed by atoms with van der Waals surface area (Å²) in [7, 11) is 0.